The fraction of sp³-hybridized carbons (Fsp3) is 0.533. The Morgan fingerprint density at radius 3 is 2.81 bits per heavy atom. The molecule has 0 unspecified atom stereocenters. The summed E-state index contributed by atoms with van der Waals surface area (Å²) in [5, 5.41) is 22.2. The fourth-order valence-corrected chi connectivity index (χ4v) is 2.67. The summed E-state index contributed by atoms with van der Waals surface area (Å²) in [6, 6.07) is 7.54. The van der Waals surface area contributed by atoms with Gasteiger partial charge in [0.05, 0.1) is 5.60 Å². The van der Waals surface area contributed by atoms with E-state index in [1.54, 1.807) is 6.07 Å². The average Bonchev–Trinajstić information content (AvgIpc) is 2.46. The van der Waals surface area contributed by atoms with E-state index in [1.807, 2.05) is 25.2 Å². The van der Waals surface area contributed by atoms with Gasteiger partial charge in [0.1, 0.15) is 0 Å². The van der Waals surface area contributed by atoms with Crippen molar-refractivity contribution in [2.45, 2.75) is 25.0 Å². The Bertz CT molecular complexity index is 499. The minimum absolute atomic E-state index is 0.0996. The maximum Gasteiger partial charge on any atom is 0.170 e. The number of nitrogens with zero attached hydrogens (tertiary/aromatic N) is 2. The van der Waals surface area contributed by atoms with Crippen molar-refractivity contribution in [3.05, 3.63) is 35.4 Å². The SMILES string of the molecule is CN(Cc1cccc(/C(N)=N/O)c1)CC1(O)CCOCC1. The van der Waals surface area contributed by atoms with Gasteiger partial charge in [0.25, 0.3) is 0 Å². The summed E-state index contributed by atoms with van der Waals surface area (Å²) in [5.41, 5.74) is 6.67. The molecule has 0 spiro atoms. The number of rotatable bonds is 5. The van der Waals surface area contributed by atoms with Crippen LogP contribution in [0, 0.1) is 0 Å². The van der Waals surface area contributed by atoms with Crippen molar-refractivity contribution in [2.24, 2.45) is 10.9 Å². The van der Waals surface area contributed by atoms with Crippen molar-refractivity contribution >= 4 is 5.84 Å². The van der Waals surface area contributed by atoms with E-state index in [4.69, 9.17) is 15.7 Å². The molecule has 0 atom stereocenters. The predicted octanol–water partition coefficient (Wildman–Crippen LogP) is 0.754. The molecule has 0 aromatic heterocycles. The van der Waals surface area contributed by atoms with Crippen molar-refractivity contribution in [1.82, 2.24) is 4.90 Å². The summed E-state index contributed by atoms with van der Waals surface area (Å²) in [7, 11) is 1.98. The zero-order chi connectivity index (χ0) is 15.3. The molecule has 1 fully saturated rings. The predicted molar refractivity (Wildman–Crippen MR) is 80.3 cm³/mol. The maximum absolute atomic E-state index is 10.5. The van der Waals surface area contributed by atoms with E-state index in [9.17, 15) is 5.11 Å². The molecule has 1 aromatic rings. The Kier molecular flexibility index (Phi) is 5.17. The van der Waals surface area contributed by atoms with E-state index in [1.165, 1.54) is 0 Å². The first-order valence-corrected chi connectivity index (χ1v) is 7.08. The summed E-state index contributed by atoms with van der Waals surface area (Å²) in [5.74, 6) is 0.0996. The Balaban J connectivity index is 1.97. The van der Waals surface area contributed by atoms with E-state index in [-0.39, 0.29) is 5.84 Å². The Morgan fingerprint density at radius 2 is 2.14 bits per heavy atom. The van der Waals surface area contributed by atoms with E-state index in [2.05, 4.69) is 10.1 Å². The third-order valence-corrected chi connectivity index (χ3v) is 3.77. The number of aliphatic hydroxyl groups is 1. The van der Waals surface area contributed by atoms with Crippen molar-refractivity contribution in [3.63, 3.8) is 0 Å². The second kappa shape index (κ2) is 6.89. The van der Waals surface area contributed by atoms with Crippen LogP contribution in [0.3, 0.4) is 0 Å². The van der Waals surface area contributed by atoms with Crippen LogP contribution in [0.5, 0.6) is 0 Å². The number of amidine groups is 1. The molecule has 1 aliphatic heterocycles. The number of likely N-dealkylation sites (N-methyl/N-ethyl adjacent to an activating group) is 1. The van der Waals surface area contributed by atoms with Crippen LogP contribution in [0.25, 0.3) is 0 Å². The molecular formula is C15H23N3O3. The molecule has 1 heterocycles. The zero-order valence-corrected chi connectivity index (χ0v) is 12.3. The lowest BCUT2D eigenvalue weighted by molar-refractivity contribution is -0.0777. The molecular weight excluding hydrogens is 270 g/mol. The first-order valence-electron chi connectivity index (χ1n) is 7.08. The van der Waals surface area contributed by atoms with Gasteiger partial charge in [0.15, 0.2) is 5.84 Å². The van der Waals surface area contributed by atoms with Gasteiger partial charge in [0.2, 0.25) is 0 Å². The molecule has 116 valence electrons. The first kappa shape index (κ1) is 15.8. The molecule has 0 amide bonds. The van der Waals surface area contributed by atoms with Crippen LogP contribution in [0.1, 0.15) is 24.0 Å². The van der Waals surface area contributed by atoms with Gasteiger partial charge in [-0.05, 0) is 18.7 Å². The van der Waals surface area contributed by atoms with Gasteiger partial charge in [-0.2, -0.15) is 0 Å². The highest BCUT2D eigenvalue weighted by Crippen LogP contribution is 2.22. The van der Waals surface area contributed by atoms with Gasteiger partial charge in [-0.3, -0.25) is 4.90 Å². The molecule has 1 saturated heterocycles. The number of nitrogens with two attached hydrogens (primary N) is 1. The van der Waals surface area contributed by atoms with Crippen LogP contribution in [-0.2, 0) is 11.3 Å². The molecule has 0 radical (unpaired) electrons. The van der Waals surface area contributed by atoms with Gasteiger partial charge in [-0.25, -0.2) is 0 Å². The smallest absolute Gasteiger partial charge is 0.170 e. The molecule has 0 aliphatic carbocycles. The quantitative estimate of drug-likeness (QED) is 0.322. The lowest BCUT2D eigenvalue weighted by Gasteiger charge is -2.35. The third kappa shape index (κ3) is 4.42. The van der Waals surface area contributed by atoms with Gasteiger partial charge >= 0.3 is 0 Å². The van der Waals surface area contributed by atoms with Crippen molar-refractivity contribution < 1.29 is 15.1 Å². The van der Waals surface area contributed by atoms with Crippen molar-refractivity contribution in [1.29, 1.82) is 0 Å². The van der Waals surface area contributed by atoms with Crippen LogP contribution < -0.4 is 5.73 Å². The monoisotopic (exact) mass is 293 g/mol. The maximum atomic E-state index is 10.5. The topological polar surface area (TPSA) is 91.3 Å². The minimum Gasteiger partial charge on any atom is -0.409 e. The fourth-order valence-electron chi connectivity index (χ4n) is 2.67. The number of oxime groups is 1. The molecule has 2 rings (SSSR count). The highest BCUT2D eigenvalue weighted by atomic mass is 16.5. The van der Waals surface area contributed by atoms with Gasteiger partial charge in [0, 0.05) is 44.7 Å². The molecule has 0 saturated carbocycles. The lowest BCUT2D eigenvalue weighted by Crippen LogP contribution is -2.45. The Labute approximate surface area is 124 Å². The summed E-state index contributed by atoms with van der Waals surface area (Å²) >= 11 is 0. The van der Waals surface area contributed by atoms with Gasteiger partial charge in [-0.1, -0.05) is 23.4 Å². The van der Waals surface area contributed by atoms with Crippen LogP contribution in [0.2, 0.25) is 0 Å². The largest absolute Gasteiger partial charge is 0.409 e. The summed E-state index contributed by atoms with van der Waals surface area (Å²) in [6.45, 7) is 2.52. The summed E-state index contributed by atoms with van der Waals surface area (Å²) in [6.07, 6.45) is 1.34. The van der Waals surface area contributed by atoms with E-state index in [0.29, 0.717) is 44.7 Å². The molecule has 0 bridgehead atoms. The van der Waals surface area contributed by atoms with E-state index >= 15 is 0 Å². The summed E-state index contributed by atoms with van der Waals surface area (Å²) in [4.78, 5) is 2.08. The van der Waals surface area contributed by atoms with Crippen molar-refractivity contribution in [2.75, 3.05) is 26.8 Å². The highest BCUT2D eigenvalue weighted by molar-refractivity contribution is 5.97. The first-order chi connectivity index (χ1) is 10.0. The Morgan fingerprint density at radius 1 is 1.43 bits per heavy atom. The molecule has 6 heteroatoms. The van der Waals surface area contributed by atoms with Crippen LogP contribution in [-0.4, -0.2) is 53.5 Å². The van der Waals surface area contributed by atoms with Gasteiger partial charge < -0.3 is 20.8 Å². The van der Waals surface area contributed by atoms with E-state index < -0.39 is 5.60 Å². The molecule has 1 aromatic carbocycles. The normalized spacial score (nSPS) is 18.9. The lowest BCUT2D eigenvalue weighted by atomic mass is 9.94. The standard InChI is InChI=1S/C15H23N3O3/c1-18(11-15(19)5-7-21-8-6-15)10-12-3-2-4-13(9-12)14(16)17-20/h2-4,9,19-20H,5-8,10-11H2,1H3,(H2,16,17). The number of hydrogen-bond donors (Lipinski definition) is 3. The summed E-state index contributed by atoms with van der Waals surface area (Å²) < 4.78 is 5.29. The molecule has 1 aliphatic rings. The number of benzene rings is 1. The van der Waals surface area contributed by atoms with Crippen LogP contribution in [0.4, 0.5) is 0 Å². The van der Waals surface area contributed by atoms with E-state index in [0.717, 1.165) is 5.56 Å². The molecule has 21 heavy (non-hydrogen) atoms. The van der Waals surface area contributed by atoms with Crippen LogP contribution in [0.15, 0.2) is 29.4 Å². The third-order valence-electron chi connectivity index (χ3n) is 3.77. The minimum atomic E-state index is -0.670. The van der Waals surface area contributed by atoms with Crippen molar-refractivity contribution in [3.8, 4) is 0 Å². The highest BCUT2D eigenvalue weighted by Gasteiger charge is 2.30. The number of ether oxygens (including phenoxy) is 1. The molecule has 6 nitrogen and oxygen atoms in total. The molecule has 4 N–H and O–H groups in total. The second-order valence-electron chi connectivity index (χ2n) is 5.69. The number of hydrogen-bond acceptors (Lipinski definition) is 5. The second-order valence-corrected chi connectivity index (χ2v) is 5.69. The van der Waals surface area contributed by atoms with Crippen LogP contribution >= 0.6 is 0 Å². The zero-order valence-electron chi connectivity index (χ0n) is 12.3. The Hall–Kier alpha value is -1.63. The van der Waals surface area contributed by atoms with Gasteiger partial charge in [-0.15, -0.1) is 0 Å². The average molecular weight is 293 g/mol.